The van der Waals surface area contributed by atoms with E-state index in [4.69, 9.17) is 0 Å². The first-order valence-electron chi connectivity index (χ1n) is 5.74. The molecule has 0 aliphatic heterocycles. The molecule has 1 aliphatic rings. The van der Waals surface area contributed by atoms with Crippen LogP contribution in [-0.2, 0) is 0 Å². The van der Waals surface area contributed by atoms with Crippen LogP contribution in [0.5, 0.6) is 0 Å². The quantitative estimate of drug-likeness (QED) is 0.576. The van der Waals surface area contributed by atoms with Crippen LogP contribution >= 0.6 is 0 Å². The average molecular weight is 202 g/mol. The molecule has 1 rings (SSSR count). The third-order valence-corrected chi connectivity index (χ3v) is 2.53. The minimum atomic E-state index is 0.634. The van der Waals surface area contributed by atoms with Crippen LogP contribution in [0.15, 0.2) is 46.6 Å². The van der Waals surface area contributed by atoms with E-state index in [2.05, 4.69) is 58.9 Å². The highest BCUT2D eigenvalue weighted by atomic mass is 14.2. The zero-order valence-electron chi connectivity index (χ0n) is 10.6. The van der Waals surface area contributed by atoms with Gasteiger partial charge in [0.25, 0.3) is 0 Å². The monoisotopic (exact) mass is 202 g/mol. The van der Waals surface area contributed by atoms with E-state index in [-0.39, 0.29) is 0 Å². The predicted octanol–water partition coefficient (Wildman–Crippen LogP) is 4.81. The van der Waals surface area contributed by atoms with Crippen molar-refractivity contribution in [1.29, 1.82) is 0 Å². The highest BCUT2D eigenvalue weighted by Gasteiger charge is 2.10. The van der Waals surface area contributed by atoms with Crippen LogP contribution < -0.4 is 0 Å². The highest BCUT2D eigenvalue weighted by molar-refractivity contribution is 5.48. The molecular formula is C15H22. The summed E-state index contributed by atoms with van der Waals surface area (Å²) in [6, 6.07) is 0. The molecule has 0 bridgehead atoms. The summed E-state index contributed by atoms with van der Waals surface area (Å²) in [5.74, 6) is 0.634. The van der Waals surface area contributed by atoms with Crippen molar-refractivity contribution in [2.45, 2.75) is 41.0 Å². The van der Waals surface area contributed by atoms with Gasteiger partial charge in [0.15, 0.2) is 0 Å². The van der Waals surface area contributed by atoms with Gasteiger partial charge in [-0.25, -0.2) is 0 Å². The van der Waals surface area contributed by atoms with E-state index in [0.29, 0.717) is 5.92 Å². The van der Waals surface area contributed by atoms with Crippen molar-refractivity contribution in [2.24, 2.45) is 5.92 Å². The van der Waals surface area contributed by atoms with Gasteiger partial charge in [-0.15, -0.1) is 0 Å². The Balaban J connectivity index is 2.84. The summed E-state index contributed by atoms with van der Waals surface area (Å²) in [5, 5.41) is 0. The Hall–Kier alpha value is -1.04. The second kappa shape index (κ2) is 5.16. The van der Waals surface area contributed by atoms with Crippen LogP contribution in [0.4, 0.5) is 0 Å². The molecule has 0 aromatic rings. The highest BCUT2D eigenvalue weighted by Crippen LogP contribution is 2.27. The average Bonchev–Trinajstić information content (AvgIpc) is 2.50. The minimum absolute atomic E-state index is 0.634. The van der Waals surface area contributed by atoms with E-state index >= 15 is 0 Å². The van der Waals surface area contributed by atoms with Crippen LogP contribution in [-0.4, -0.2) is 0 Å². The summed E-state index contributed by atoms with van der Waals surface area (Å²) in [5.41, 5.74) is 5.61. The molecule has 0 aromatic heterocycles. The van der Waals surface area contributed by atoms with Gasteiger partial charge in [-0.3, -0.25) is 0 Å². The fraction of sp³-hybridized carbons (Fsp3) is 0.467. The van der Waals surface area contributed by atoms with Gasteiger partial charge < -0.3 is 0 Å². The maximum Gasteiger partial charge on any atom is -0.0154 e. The van der Waals surface area contributed by atoms with Gasteiger partial charge in [0.1, 0.15) is 0 Å². The summed E-state index contributed by atoms with van der Waals surface area (Å²) in [7, 11) is 0. The van der Waals surface area contributed by atoms with Crippen molar-refractivity contribution >= 4 is 0 Å². The Morgan fingerprint density at radius 3 is 2.40 bits per heavy atom. The van der Waals surface area contributed by atoms with Crippen LogP contribution in [0.1, 0.15) is 41.0 Å². The van der Waals surface area contributed by atoms with Gasteiger partial charge in [-0.2, -0.15) is 0 Å². The van der Waals surface area contributed by atoms with Crippen LogP contribution in [0.2, 0.25) is 0 Å². The Morgan fingerprint density at radius 2 is 1.87 bits per heavy atom. The molecule has 0 amide bonds. The molecule has 0 heterocycles. The lowest BCUT2D eigenvalue weighted by atomic mass is 9.96. The molecule has 0 spiro atoms. The molecule has 15 heavy (non-hydrogen) atoms. The van der Waals surface area contributed by atoms with E-state index in [1.54, 1.807) is 0 Å². The fourth-order valence-corrected chi connectivity index (χ4v) is 2.00. The van der Waals surface area contributed by atoms with E-state index in [1.165, 1.54) is 22.3 Å². The molecule has 0 fully saturated rings. The van der Waals surface area contributed by atoms with Gasteiger partial charge in [-0.05, 0) is 44.3 Å². The zero-order valence-corrected chi connectivity index (χ0v) is 10.6. The first kappa shape index (κ1) is 12.0. The maximum atomic E-state index is 2.34. The summed E-state index contributed by atoms with van der Waals surface area (Å²) < 4.78 is 0. The van der Waals surface area contributed by atoms with Crippen molar-refractivity contribution in [3.63, 3.8) is 0 Å². The topological polar surface area (TPSA) is 0 Å². The molecule has 0 nitrogen and oxygen atoms in total. The van der Waals surface area contributed by atoms with E-state index in [0.717, 1.165) is 6.42 Å². The molecule has 0 N–H and O–H groups in total. The lowest BCUT2D eigenvalue weighted by molar-refractivity contribution is 0.785. The van der Waals surface area contributed by atoms with Crippen LogP contribution in [0.3, 0.4) is 0 Å². The minimum Gasteiger partial charge on any atom is -0.0767 e. The number of hydrogen-bond acceptors (Lipinski definition) is 0. The van der Waals surface area contributed by atoms with Gasteiger partial charge in [-0.1, -0.05) is 49.3 Å². The Kier molecular flexibility index (Phi) is 4.14. The molecule has 0 aromatic carbocycles. The smallest absolute Gasteiger partial charge is 0.0154 e. The third kappa shape index (κ3) is 3.54. The largest absolute Gasteiger partial charge is 0.0767 e. The molecular weight excluding hydrogens is 180 g/mol. The van der Waals surface area contributed by atoms with E-state index < -0.39 is 0 Å². The first-order chi connectivity index (χ1) is 7.00. The van der Waals surface area contributed by atoms with Crippen molar-refractivity contribution in [1.82, 2.24) is 0 Å². The molecule has 0 saturated heterocycles. The molecule has 0 heteroatoms. The second-order valence-corrected chi connectivity index (χ2v) is 4.82. The number of allylic oxidation sites excluding steroid dienone is 8. The number of hydrogen-bond donors (Lipinski definition) is 0. The number of rotatable bonds is 3. The van der Waals surface area contributed by atoms with Gasteiger partial charge in [0, 0.05) is 0 Å². The molecule has 1 aliphatic carbocycles. The molecule has 0 atom stereocenters. The van der Waals surface area contributed by atoms with E-state index in [9.17, 15) is 0 Å². The normalized spacial score (nSPS) is 16.5. The molecule has 0 radical (unpaired) electrons. The molecule has 82 valence electrons. The summed E-state index contributed by atoms with van der Waals surface area (Å²) in [6.07, 6.45) is 10.3. The molecule has 0 unspecified atom stereocenters. The van der Waals surface area contributed by atoms with Gasteiger partial charge >= 0.3 is 0 Å². The summed E-state index contributed by atoms with van der Waals surface area (Å²) in [6.45, 7) is 11.0. The SMILES string of the molecule is CC(C)=CC(C)=CC1=CCC=C1C(C)C. The van der Waals surface area contributed by atoms with Crippen LogP contribution in [0, 0.1) is 5.92 Å². The predicted molar refractivity (Wildman–Crippen MR) is 68.8 cm³/mol. The van der Waals surface area contributed by atoms with Gasteiger partial charge in [0.2, 0.25) is 0 Å². The van der Waals surface area contributed by atoms with Gasteiger partial charge in [0.05, 0.1) is 0 Å². The van der Waals surface area contributed by atoms with Crippen molar-refractivity contribution in [3.8, 4) is 0 Å². The lowest BCUT2D eigenvalue weighted by Gasteiger charge is -2.09. The lowest BCUT2D eigenvalue weighted by Crippen LogP contribution is -1.93. The third-order valence-electron chi connectivity index (χ3n) is 2.53. The first-order valence-corrected chi connectivity index (χ1v) is 5.74. The second-order valence-electron chi connectivity index (χ2n) is 4.82. The zero-order chi connectivity index (χ0) is 11.4. The standard InChI is InChI=1S/C15H22/c1-11(2)9-13(5)10-14-7-6-8-15(14)12(3)4/h7-10,12H,6H2,1-5H3. The Bertz CT molecular complexity index is 342. The molecule has 0 saturated carbocycles. The summed E-state index contributed by atoms with van der Waals surface area (Å²) >= 11 is 0. The van der Waals surface area contributed by atoms with Crippen molar-refractivity contribution in [2.75, 3.05) is 0 Å². The van der Waals surface area contributed by atoms with Crippen LogP contribution in [0.25, 0.3) is 0 Å². The fourth-order valence-electron chi connectivity index (χ4n) is 2.00. The van der Waals surface area contributed by atoms with Crippen molar-refractivity contribution in [3.05, 3.63) is 46.6 Å². The summed E-state index contributed by atoms with van der Waals surface area (Å²) in [4.78, 5) is 0. The van der Waals surface area contributed by atoms with Crippen molar-refractivity contribution < 1.29 is 0 Å². The van der Waals surface area contributed by atoms with E-state index in [1.807, 2.05) is 0 Å². The Morgan fingerprint density at radius 1 is 1.20 bits per heavy atom. The maximum absolute atomic E-state index is 2.34. The Labute approximate surface area is 94.1 Å².